The van der Waals surface area contributed by atoms with Crippen LogP contribution in [-0.4, -0.2) is 84.1 Å². The molecule has 2 amide bonds. The van der Waals surface area contributed by atoms with E-state index in [9.17, 15) is 19.2 Å². The first-order valence-electron chi connectivity index (χ1n) is 12.0. The fraction of sp³-hybridized carbons (Fsp3) is 0.773. The number of amides is 2. The highest BCUT2D eigenvalue weighted by Gasteiger charge is 2.52. The molecule has 12 heteroatoms. The molecular formula is C22H30FN7O3S. The molecule has 6 rings (SSSR count). The van der Waals surface area contributed by atoms with E-state index >= 15 is 0 Å². The van der Waals surface area contributed by atoms with Gasteiger partial charge in [-0.25, -0.2) is 4.39 Å². The lowest BCUT2D eigenvalue weighted by molar-refractivity contribution is -0.135. The lowest BCUT2D eigenvalue weighted by Gasteiger charge is -2.52. The maximum atomic E-state index is 13.7. The van der Waals surface area contributed by atoms with Gasteiger partial charge < -0.3 is 19.9 Å². The zero-order chi connectivity index (χ0) is 23.8. The van der Waals surface area contributed by atoms with Gasteiger partial charge >= 0.3 is 0 Å². The topological polar surface area (TPSA) is 123 Å². The number of nitrogens with zero attached hydrogens (tertiary/aromatic N) is 5. The molecule has 2 atom stereocenters. The van der Waals surface area contributed by atoms with Crippen molar-refractivity contribution in [2.24, 2.45) is 5.41 Å². The third kappa shape index (κ3) is 4.48. The van der Waals surface area contributed by atoms with E-state index < -0.39 is 17.6 Å². The number of ether oxygens (including phenoxy) is 1. The normalized spacial score (nSPS) is 33.1. The molecule has 2 saturated heterocycles. The van der Waals surface area contributed by atoms with Crippen LogP contribution >= 0.6 is 11.3 Å². The molecule has 5 fully saturated rings. The van der Waals surface area contributed by atoms with Gasteiger partial charge in [0, 0.05) is 30.5 Å². The molecular weight excluding hydrogens is 461 g/mol. The SMILES string of the molecule is N#C[C@@H]1C[C@H](F)CN1C(=O)CNC12CCC(C(=O)Nc3nnc(N4CCOCC4)s3)(CC1)CC2. The van der Waals surface area contributed by atoms with Crippen LogP contribution in [0.15, 0.2) is 0 Å². The zero-order valence-corrected chi connectivity index (χ0v) is 19.9. The van der Waals surface area contributed by atoms with Gasteiger partial charge in [-0.15, -0.1) is 10.2 Å². The molecule has 0 unspecified atom stereocenters. The van der Waals surface area contributed by atoms with Crippen molar-refractivity contribution in [3.63, 3.8) is 0 Å². The third-order valence-electron chi connectivity index (χ3n) is 7.98. The number of hydrogen-bond donors (Lipinski definition) is 2. The Bertz CT molecular complexity index is 951. The Balaban J connectivity index is 1.14. The highest BCUT2D eigenvalue weighted by atomic mass is 32.1. The number of morpholine rings is 1. The Kier molecular flexibility index (Phi) is 6.43. The number of carbonyl (C=O) groups is 2. The predicted molar refractivity (Wildman–Crippen MR) is 123 cm³/mol. The van der Waals surface area contributed by atoms with E-state index in [1.807, 2.05) is 6.07 Å². The van der Waals surface area contributed by atoms with Gasteiger partial charge in [-0.05, 0) is 38.5 Å². The van der Waals surface area contributed by atoms with Crippen LogP contribution in [0.3, 0.4) is 0 Å². The smallest absolute Gasteiger partial charge is 0.237 e. The predicted octanol–water partition coefficient (Wildman–Crippen LogP) is 1.46. The fourth-order valence-corrected chi connectivity index (χ4v) is 6.51. The second kappa shape index (κ2) is 9.36. The zero-order valence-electron chi connectivity index (χ0n) is 19.1. The number of fused-ring (bicyclic) bond motifs is 3. The second-order valence-electron chi connectivity index (χ2n) is 9.88. The average molecular weight is 492 g/mol. The molecule has 3 saturated carbocycles. The first kappa shape index (κ1) is 23.4. The average Bonchev–Trinajstić information content (AvgIpc) is 3.50. The van der Waals surface area contributed by atoms with E-state index in [1.54, 1.807) is 0 Å². The minimum Gasteiger partial charge on any atom is -0.378 e. The van der Waals surface area contributed by atoms with Crippen LogP contribution in [0, 0.1) is 16.7 Å². The molecule has 1 aromatic rings. The Morgan fingerprint density at radius 1 is 1.18 bits per heavy atom. The van der Waals surface area contributed by atoms with E-state index in [0.29, 0.717) is 18.3 Å². The molecule has 1 aromatic heterocycles. The lowest BCUT2D eigenvalue weighted by atomic mass is 9.57. The van der Waals surface area contributed by atoms with E-state index in [1.165, 1.54) is 16.2 Å². The quantitative estimate of drug-likeness (QED) is 0.613. The molecule has 0 spiro atoms. The van der Waals surface area contributed by atoms with Crippen LogP contribution in [0.25, 0.3) is 0 Å². The molecule has 5 aliphatic rings. The van der Waals surface area contributed by atoms with Crippen molar-refractivity contribution in [2.45, 2.75) is 62.7 Å². The summed E-state index contributed by atoms with van der Waals surface area (Å²) in [7, 11) is 0. The van der Waals surface area contributed by atoms with Gasteiger partial charge in [0.2, 0.25) is 22.1 Å². The number of halogens is 1. The summed E-state index contributed by atoms with van der Waals surface area (Å²) in [5.74, 6) is -0.224. The maximum Gasteiger partial charge on any atom is 0.237 e. The number of aromatic nitrogens is 2. The molecule has 184 valence electrons. The number of rotatable bonds is 6. The van der Waals surface area contributed by atoms with Crippen LogP contribution in [0.5, 0.6) is 0 Å². The molecule has 34 heavy (non-hydrogen) atoms. The van der Waals surface area contributed by atoms with E-state index in [-0.39, 0.29) is 36.9 Å². The molecule has 2 aliphatic heterocycles. The van der Waals surface area contributed by atoms with Crippen LogP contribution in [0.1, 0.15) is 44.9 Å². The molecule has 2 bridgehead atoms. The first-order chi connectivity index (χ1) is 16.4. The summed E-state index contributed by atoms with van der Waals surface area (Å²) >= 11 is 1.39. The number of nitriles is 1. The number of alkyl halides is 1. The van der Waals surface area contributed by atoms with Gasteiger partial charge in [-0.2, -0.15) is 5.26 Å². The van der Waals surface area contributed by atoms with Crippen LogP contribution in [0.4, 0.5) is 14.7 Å². The van der Waals surface area contributed by atoms with E-state index in [0.717, 1.165) is 56.7 Å². The van der Waals surface area contributed by atoms with Gasteiger partial charge in [0.15, 0.2) is 0 Å². The van der Waals surface area contributed by atoms with E-state index in [4.69, 9.17) is 4.74 Å². The molecule has 10 nitrogen and oxygen atoms in total. The van der Waals surface area contributed by atoms with Crippen molar-refractivity contribution in [3.8, 4) is 6.07 Å². The Morgan fingerprint density at radius 2 is 1.88 bits per heavy atom. The standard InChI is InChI=1S/C22H30FN7O3S/c23-15-11-16(12-24)30(14-15)17(31)13-25-22-4-1-21(2-5-22,3-6-22)18(32)26-19-27-28-20(34-19)29-7-9-33-10-8-29/h15-16,25H,1-11,13-14H2,(H,26,27,32)/t15-,16-,21?,22?/m0/s1. The van der Waals surface area contributed by atoms with Crippen LogP contribution < -0.4 is 15.5 Å². The molecule has 2 N–H and O–H groups in total. The number of anilines is 2. The summed E-state index contributed by atoms with van der Waals surface area (Å²) in [5.41, 5.74) is -0.596. The number of nitrogens with one attached hydrogen (secondary N) is 2. The monoisotopic (exact) mass is 491 g/mol. The van der Waals surface area contributed by atoms with Crippen molar-refractivity contribution in [3.05, 3.63) is 0 Å². The summed E-state index contributed by atoms with van der Waals surface area (Å²) in [6, 6.07) is 1.35. The largest absolute Gasteiger partial charge is 0.378 e. The third-order valence-corrected chi connectivity index (χ3v) is 8.88. The molecule has 3 aliphatic carbocycles. The number of hydrogen-bond acceptors (Lipinski definition) is 9. The fourth-order valence-electron chi connectivity index (χ4n) is 5.72. The number of carbonyl (C=O) groups excluding carboxylic acids is 2. The summed E-state index contributed by atoms with van der Waals surface area (Å²) in [5, 5.41) is 25.3. The highest BCUT2D eigenvalue weighted by Crippen LogP contribution is 2.53. The van der Waals surface area contributed by atoms with Gasteiger partial charge in [0.25, 0.3) is 0 Å². The molecule has 0 aromatic carbocycles. The Hall–Kier alpha value is -2.36. The molecule has 3 heterocycles. The van der Waals surface area contributed by atoms with Crippen molar-refractivity contribution in [1.29, 1.82) is 5.26 Å². The van der Waals surface area contributed by atoms with Crippen molar-refractivity contribution in [1.82, 2.24) is 20.4 Å². The maximum absolute atomic E-state index is 13.7. The summed E-state index contributed by atoms with van der Waals surface area (Å²) in [4.78, 5) is 29.3. The minimum atomic E-state index is -1.13. The Morgan fingerprint density at radius 3 is 2.56 bits per heavy atom. The lowest BCUT2D eigenvalue weighted by Crippen LogP contribution is -2.59. The Labute approximate surface area is 201 Å². The molecule has 0 radical (unpaired) electrons. The van der Waals surface area contributed by atoms with Crippen molar-refractivity contribution >= 4 is 33.4 Å². The van der Waals surface area contributed by atoms with Crippen LogP contribution in [0.2, 0.25) is 0 Å². The highest BCUT2D eigenvalue weighted by molar-refractivity contribution is 7.19. The van der Waals surface area contributed by atoms with Crippen LogP contribution in [-0.2, 0) is 14.3 Å². The summed E-state index contributed by atoms with van der Waals surface area (Å²) in [6.45, 7) is 2.96. The summed E-state index contributed by atoms with van der Waals surface area (Å²) < 4.78 is 19.0. The van der Waals surface area contributed by atoms with Gasteiger partial charge in [-0.3, -0.25) is 14.9 Å². The van der Waals surface area contributed by atoms with Gasteiger partial charge in [-0.1, -0.05) is 11.3 Å². The van der Waals surface area contributed by atoms with Gasteiger partial charge in [0.1, 0.15) is 12.2 Å². The summed E-state index contributed by atoms with van der Waals surface area (Å²) in [6.07, 6.45) is 3.59. The van der Waals surface area contributed by atoms with Gasteiger partial charge in [0.05, 0.1) is 32.4 Å². The van der Waals surface area contributed by atoms with Crippen molar-refractivity contribution < 1.29 is 18.7 Å². The first-order valence-corrected chi connectivity index (χ1v) is 12.8. The van der Waals surface area contributed by atoms with Crippen molar-refractivity contribution in [2.75, 3.05) is 49.6 Å². The van der Waals surface area contributed by atoms with E-state index in [2.05, 4.69) is 25.7 Å². The minimum absolute atomic E-state index is 0.00414. The second-order valence-corrected chi connectivity index (χ2v) is 10.8. The number of likely N-dealkylation sites (tertiary alicyclic amines) is 1.